The molecule has 1 N–H and O–H groups in total. The number of anilines is 1. The Hall–Kier alpha value is -3.50. The summed E-state index contributed by atoms with van der Waals surface area (Å²) < 4.78 is 44.8. The summed E-state index contributed by atoms with van der Waals surface area (Å²) in [6.07, 6.45) is 2.07. The molecule has 8 nitrogen and oxygen atoms in total. The van der Waals surface area contributed by atoms with Crippen LogP contribution in [0.3, 0.4) is 0 Å². The predicted molar refractivity (Wildman–Crippen MR) is 104 cm³/mol. The Morgan fingerprint density at radius 2 is 2.10 bits per heavy atom. The molecule has 0 saturated carbocycles. The van der Waals surface area contributed by atoms with Crippen molar-refractivity contribution in [3.05, 3.63) is 54.3 Å². The number of nitrogens with zero attached hydrogens (tertiary/aromatic N) is 5. The molecule has 3 heterocycles. The molecule has 11 heteroatoms. The van der Waals surface area contributed by atoms with Crippen LogP contribution in [0.5, 0.6) is 0 Å². The summed E-state index contributed by atoms with van der Waals surface area (Å²) in [7, 11) is 0. The lowest BCUT2D eigenvalue weighted by molar-refractivity contribution is -0.136. The maximum atomic E-state index is 13.2. The molecule has 1 atom stereocenters. The summed E-state index contributed by atoms with van der Waals surface area (Å²) in [6.45, 7) is 0.841. The number of carbonyl (C=O) groups is 1. The van der Waals surface area contributed by atoms with Crippen LogP contribution in [-0.2, 0) is 12.6 Å². The lowest BCUT2D eigenvalue weighted by Gasteiger charge is -2.32. The summed E-state index contributed by atoms with van der Waals surface area (Å²) in [4.78, 5) is 26.5. The highest BCUT2D eigenvalue weighted by Gasteiger charge is 2.34. The number of urea groups is 1. The zero-order valence-corrected chi connectivity index (χ0v) is 16.3. The Kier molecular flexibility index (Phi) is 5.83. The van der Waals surface area contributed by atoms with Crippen molar-refractivity contribution in [2.75, 3.05) is 18.4 Å². The van der Waals surface area contributed by atoms with Gasteiger partial charge in [-0.05, 0) is 30.9 Å². The van der Waals surface area contributed by atoms with Crippen LogP contribution in [0.2, 0.25) is 0 Å². The maximum Gasteiger partial charge on any atom is 0.418 e. The number of hydrogen-bond acceptors (Lipinski definition) is 6. The molecule has 1 unspecified atom stereocenters. The second kappa shape index (κ2) is 8.70. The standard InChI is InChI=1S/C20H19F3N6O2/c21-20(22,23)14-5-1-2-6-15(14)26-19(30)29-9-3-4-13(12-29)10-17-27-18(28-31-17)16-11-24-7-8-25-16/h1-2,5-8,11,13H,3-4,9-10,12H2,(H,26,30). The summed E-state index contributed by atoms with van der Waals surface area (Å²) in [5.74, 6) is 0.792. The van der Waals surface area contributed by atoms with E-state index in [0.29, 0.717) is 36.9 Å². The third-order valence-corrected chi connectivity index (χ3v) is 5.00. The van der Waals surface area contributed by atoms with Crippen LogP contribution in [-0.4, -0.2) is 44.1 Å². The number of hydrogen-bond donors (Lipinski definition) is 1. The van der Waals surface area contributed by atoms with Gasteiger partial charge in [-0.1, -0.05) is 17.3 Å². The van der Waals surface area contributed by atoms with Crippen molar-refractivity contribution in [2.24, 2.45) is 5.92 Å². The number of nitrogens with one attached hydrogen (secondary N) is 1. The molecule has 0 radical (unpaired) electrons. The highest BCUT2D eigenvalue weighted by molar-refractivity contribution is 5.90. The number of para-hydroxylation sites is 1. The number of alkyl halides is 3. The van der Waals surface area contributed by atoms with Crippen LogP contribution in [0.4, 0.5) is 23.7 Å². The third-order valence-electron chi connectivity index (χ3n) is 5.00. The summed E-state index contributed by atoms with van der Waals surface area (Å²) in [6, 6.07) is 4.36. The highest BCUT2D eigenvalue weighted by atomic mass is 19.4. The molecule has 4 rings (SSSR count). The number of aromatic nitrogens is 4. The van der Waals surface area contributed by atoms with Crippen LogP contribution in [0.25, 0.3) is 11.5 Å². The summed E-state index contributed by atoms with van der Waals surface area (Å²) >= 11 is 0. The molecule has 1 saturated heterocycles. The fourth-order valence-electron chi connectivity index (χ4n) is 3.55. The number of halogens is 3. The number of likely N-dealkylation sites (tertiary alicyclic amines) is 1. The van der Waals surface area contributed by atoms with Crippen molar-refractivity contribution in [2.45, 2.75) is 25.4 Å². The molecule has 162 valence electrons. The monoisotopic (exact) mass is 432 g/mol. The van der Waals surface area contributed by atoms with Gasteiger partial charge in [-0.25, -0.2) is 9.78 Å². The van der Waals surface area contributed by atoms with E-state index >= 15 is 0 Å². The molecule has 0 bridgehead atoms. The van der Waals surface area contributed by atoms with Gasteiger partial charge >= 0.3 is 12.2 Å². The van der Waals surface area contributed by atoms with Gasteiger partial charge in [0.15, 0.2) is 0 Å². The first-order chi connectivity index (χ1) is 14.9. The quantitative estimate of drug-likeness (QED) is 0.669. The lowest BCUT2D eigenvalue weighted by Crippen LogP contribution is -2.43. The van der Waals surface area contributed by atoms with Crippen LogP contribution in [0, 0.1) is 5.92 Å². The van der Waals surface area contributed by atoms with Gasteiger partial charge < -0.3 is 14.7 Å². The fourth-order valence-corrected chi connectivity index (χ4v) is 3.55. The molecular formula is C20H19F3N6O2. The predicted octanol–water partition coefficient (Wildman–Crippen LogP) is 4.03. The average Bonchev–Trinajstić information content (AvgIpc) is 3.23. The van der Waals surface area contributed by atoms with E-state index in [1.54, 1.807) is 6.20 Å². The van der Waals surface area contributed by atoms with Crippen molar-refractivity contribution < 1.29 is 22.5 Å². The minimum absolute atomic E-state index is 0.0486. The Balaban J connectivity index is 1.39. The zero-order valence-electron chi connectivity index (χ0n) is 16.3. The zero-order chi connectivity index (χ0) is 21.8. The SMILES string of the molecule is O=C(Nc1ccccc1C(F)(F)F)N1CCCC(Cc2nc(-c3cnccn3)no2)C1. The summed E-state index contributed by atoms with van der Waals surface area (Å²) in [5, 5.41) is 6.30. The normalized spacial score (nSPS) is 16.9. The number of rotatable bonds is 4. The topological polar surface area (TPSA) is 97.0 Å². The second-order valence-corrected chi connectivity index (χ2v) is 7.23. The van der Waals surface area contributed by atoms with E-state index in [2.05, 4.69) is 25.4 Å². The van der Waals surface area contributed by atoms with Crippen LogP contribution < -0.4 is 5.32 Å². The van der Waals surface area contributed by atoms with Gasteiger partial charge in [0.25, 0.3) is 0 Å². The third kappa shape index (κ3) is 4.98. The maximum absolute atomic E-state index is 13.2. The highest BCUT2D eigenvalue weighted by Crippen LogP contribution is 2.34. The Morgan fingerprint density at radius 1 is 1.26 bits per heavy atom. The van der Waals surface area contributed by atoms with Gasteiger partial charge in [0, 0.05) is 31.9 Å². The van der Waals surface area contributed by atoms with E-state index in [9.17, 15) is 18.0 Å². The first-order valence-electron chi connectivity index (χ1n) is 9.71. The largest absolute Gasteiger partial charge is 0.418 e. The van der Waals surface area contributed by atoms with Crippen LogP contribution in [0.15, 0.2) is 47.4 Å². The van der Waals surface area contributed by atoms with Crippen molar-refractivity contribution in [3.8, 4) is 11.5 Å². The molecule has 1 fully saturated rings. The molecule has 1 aliphatic heterocycles. The van der Waals surface area contributed by atoms with E-state index in [4.69, 9.17) is 4.52 Å². The van der Waals surface area contributed by atoms with E-state index < -0.39 is 17.8 Å². The van der Waals surface area contributed by atoms with E-state index in [0.717, 1.165) is 18.9 Å². The Morgan fingerprint density at radius 3 is 2.87 bits per heavy atom. The number of carbonyl (C=O) groups excluding carboxylic acids is 1. The van der Waals surface area contributed by atoms with Gasteiger partial charge in [0.2, 0.25) is 11.7 Å². The first kappa shape index (κ1) is 20.8. The molecule has 31 heavy (non-hydrogen) atoms. The van der Waals surface area contributed by atoms with E-state index in [1.165, 1.54) is 35.5 Å². The first-order valence-corrected chi connectivity index (χ1v) is 9.71. The molecule has 2 amide bonds. The lowest BCUT2D eigenvalue weighted by atomic mass is 9.95. The average molecular weight is 432 g/mol. The second-order valence-electron chi connectivity index (χ2n) is 7.23. The molecule has 2 aromatic heterocycles. The number of piperidine rings is 1. The van der Waals surface area contributed by atoms with Crippen molar-refractivity contribution in [1.82, 2.24) is 25.0 Å². The smallest absolute Gasteiger partial charge is 0.339 e. The Bertz CT molecular complexity index is 1040. The van der Waals surface area contributed by atoms with Crippen molar-refractivity contribution >= 4 is 11.7 Å². The van der Waals surface area contributed by atoms with Gasteiger partial charge in [0.05, 0.1) is 17.4 Å². The van der Waals surface area contributed by atoms with Crippen molar-refractivity contribution in [3.63, 3.8) is 0 Å². The summed E-state index contributed by atoms with van der Waals surface area (Å²) in [5.41, 5.74) is -0.641. The molecule has 1 aromatic carbocycles. The van der Waals surface area contributed by atoms with Crippen LogP contribution in [0.1, 0.15) is 24.3 Å². The molecular weight excluding hydrogens is 413 g/mol. The number of amides is 2. The van der Waals surface area contributed by atoms with Crippen LogP contribution >= 0.6 is 0 Å². The van der Waals surface area contributed by atoms with Gasteiger partial charge in [-0.3, -0.25) is 4.98 Å². The van der Waals surface area contributed by atoms with E-state index in [1.807, 2.05) is 0 Å². The minimum atomic E-state index is -4.55. The van der Waals surface area contributed by atoms with Gasteiger partial charge in [0.1, 0.15) is 5.69 Å². The molecule has 3 aromatic rings. The van der Waals surface area contributed by atoms with Gasteiger partial charge in [-0.2, -0.15) is 18.2 Å². The van der Waals surface area contributed by atoms with Crippen molar-refractivity contribution in [1.29, 1.82) is 0 Å². The number of benzene rings is 1. The van der Waals surface area contributed by atoms with E-state index in [-0.39, 0.29) is 11.6 Å². The Labute approximate surface area is 175 Å². The molecule has 0 aliphatic carbocycles. The minimum Gasteiger partial charge on any atom is -0.339 e. The molecule has 0 spiro atoms. The molecule has 1 aliphatic rings. The van der Waals surface area contributed by atoms with Gasteiger partial charge in [-0.15, -0.1) is 0 Å². The fraction of sp³-hybridized carbons (Fsp3) is 0.350.